The molecule has 0 spiro atoms. The summed E-state index contributed by atoms with van der Waals surface area (Å²) in [7, 11) is -1.47. The molecule has 0 aliphatic rings. The number of aromatic nitrogens is 1. The lowest BCUT2D eigenvalue weighted by molar-refractivity contribution is 0.470. The molecule has 6 heteroatoms. The van der Waals surface area contributed by atoms with Crippen molar-refractivity contribution in [2.24, 2.45) is 0 Å². The maximum Gasteiger partial charge on any atom is 0.213 e. The fourth-order valence-electron chi connectivity index (χ4n) is 1.84. The molecule has 0 atom stereocenters. The molecule has 1 N–H and O–H groups in total. The molecule has 0 saturated heterocycles. The molecule has 0 radical (unpaired) electrons. The monoisotopic (exact) mass is 299 g/mol. The first-order chi connectivity index (χ1) is 9.56. The van der Waals surface area contributed by atoms with Crippen LogP contribution in [0.15, 0.2) is 24.5 Å². The molecule has 1 aromatic heterocycles. The van der Waals surface area contributed by atoms with Gasteiger partial charge in [-0.2, -0.15) is 0 Å². The van der Waals surface area contributed by atoms with Crippen LogP contribution in [0.1, 0.15) is 25.3 Å². The molecule has 0 aliphatic carbocycles. The molecule has 1 heterocycles. The number of hydrogen-bond donors (Lipinski definition) is 1. The van der Waals surface area contributed by atoms with E-state index < -0.39 is 10.0 Å². The van der Waals surface area contributed by atoms with Crippen LogP contribution in [0.2, 0.25) is 0 Å². The van der Waals surface area contributed by atoms with Crippen molar-refractivity contribution in [3.8, 4) is 0 Å². The second kappa shape index (κ2) is 9.05. The SMILES string of the molecule is CCNCCCCS(=O)(=O)N(C)CCc1ccncc1. The highest BCUT2D eigenvalue weighted by molar-refractivity contribution is 7.89. The molecule has 0 aromatic carbocycles. The van der Waals surface area contributed by atoms with Gasteiger partial charge >= 0.3 is 0 Å². The number of hydrogen-bond acceptors (Lipinski definition) is 4. The van der Waals surface area contributed by atoms with Gasteiger partial charge < -0.3 is 5.32 Å². The lowest BCUT2D eigenvalue weighted by Gasteiger charge is -2.17. The third-order valence-electron chi connectivity index (χ3n) is 3.20. The molecule has 0 amide bonds. The summed E-state index contributed by atoms with van der Waals surface area (Å²) >= 11 is 0. The first-order valence-electron chi connectivity index (χ1n) is 7.10. The normalized spacial score (nSPS) is 11.9. The van der Waals surface area contributed by atoms with Crippen LogP contribution < -0.4 is 5.32 Å². The van der Waals surface area contributed by atoms with Gasteiger partial charge in [0.05, 0.1) is 5.75 Å². The quantitative estimate of drug-likeness (QED) is 0.661. The number of rotatable bonds is 10. The molecule has 1 rings (SSSR count). The number of nitrogens with zero attached hydrogens (tertiary/aromatic N) is 2. The number of unbranched alkanes of at least 4 members (excludes halogenated alkanes) is 1. The van der Waals surface area contributed by atoms with Crippen molar-refractivity contribution in [1.29, 1.82) is 0 Å². The smallest absolute Gasteiger partial charge is 0.213 e. The minimum Gasteiger partial charge on any atom is -0.317 e. The number of sulfonamides is 1. The van der Waals surface area contributed by atoms with Crippen molar-refractivity contribution in [1.82, 2.24) is 14.6 Å². The van der Waals surface area contributed by atoms with E-state index in [4.69, 9.17) is 0 Å². The molecule has 0 bridgehead atoms. The van der Waals surface area contributed by atoms with Gasteiger partial charge in [0.15, 0.2) is 0 Å². The molecular weight excluding hydrogens is 274 g/mol. The number of pyridine rings is 1. The van der Waals surface area contributed by atoms with Crippen LogP contribution in [0, 0.1) is 0 Å². The van der Waals surface area contributed by atoms with Crippen molar-refractivity contribution < 1.29 is 8.42 Å². The minimum absolute atomic E-state index is 0.227. The molecule has 114 valence electrons. The average Bonchev–Trinajstić information content (AvgIpc) is 2.45. The summed E-state index contributed by atoms with van der Waals surface area (Å²) in [4.78, 5) is 3.95. The van der Waals surface area contributed by atoms with Crippen LogP contribution in [0.5, 0.6) is 0 Å². The van der Waals surface area contributed by atoms with Gasteiger partial charge in [-0.25, -0.2) is 12.7 Å². The molecular formula is C14H25N3O2S. The van der Waals surface area contributed by atoms with E-state index in [1.807, 2.05) is 19.1 Å². The maximum atomic E-state index is 12.1. The number of nitrogens with one attached hydrogen (secondary N) is 1. The van der Waals surface area contributed by atoms with Crippen LogP contribution >= 0.6 is 0 Å². The Labute approximate surface area is 122 Å². The van der Waals surface area contributed by atoms with E-state index in [0.717, 1.165) is 31.5 Å². The summed E-state index contributed by atoms with van der Waals surface area (Å²) in [6.07, 6.45) is 5.77. The second-order valence-corrected chi connectivity index (χ2v) is 7.00. The van der Waals surface area contributed by atoms with Gasteiger partial charge in [0, 0.05) is 26.0 Å². The van der Waals surface area contributed by atoms with Gasteiger partial charge in [0.25, 0.3) is 0 Å². The molecule has 20 heavy (non-hydrogen) atoms. The van der Waals surface area contributed by atoms with Crippen LogP contribution in [-0.2, 0) is 16.4 Å². The first-order valence-corrected chi connectivity index (χ1v) is 8.71. The number of likely N-dealkylation sites (N-methyl/N-ethyl adjacent to an activating group) is 1. The molecule has 0 aliphatic heterocycles. The maximum absolute atomic E-state index is 12.1. The summed E-state index contributed by atoms with van der Waals surface area (Å²) in [6.45, 7) is 4.37. The largest absolute Gasteiger partial charge is 0.317 e. The van der Waals surface area contributed by atoms with E-state index in [0.29, 0.717) is 13.0 Å². The third kappa shape index (κ3) is 6.45. The zero-order valence-corrected chi connectivity index (χ0v) is 13.2. The van der Waals surface area contributed by atoms with E-state index >= 15 is 0 Å². The zero-order chi connectivity index (χ0) is 14.8. The first kappa shape index (κ1) is 17.1. The topological polar surface area (TPSA) is 62.3 Å². The second-order valence-electron chi connectivity index (χ2n) is 4.80. The summed E-state index contributed by atoms with van der Waals surface area (Å²) in [6, 6.07) is 3.83. The van der Waals surface area contributed by atoms with Gasteiger partial charge in [-0.3, -0.25) is 4.98 Å². The van der Waals surface area contributed by atoms with Crippen LogP contribution in [0.4, 0.5) is 0 Å². The highest BCUT2D eigenvalue weighted by atomic mass is 32.2. The van der Waals surface area contributed by atoms with Crippen molar-refractivity contribution in [2.75, 3.05) is 32.4 Å². The van der Waals surface area contributed by atoms with E-state index in [2.05, 4.69) is 10.3 Å². The fraction of sp³-hybridized carbons (Fsp3) is 0.643. The lowest BCUT2D eigenvalue weighted by atomic mass is 10.2. The third-order valence-corrected chi connectivity index (χ3v) is 5.13. The molecule has 5 nitrogen and oxygen atoms in total. The van der Waals surface area contributed by atoms with Crippen molar-refractivity contribution in [3.63, 3.8) is 0 Å². The van der Waals surface area contributed by atoms with E-state index in [9.17, 15) is 8.42 Å². The Morgan fingerprint density at radius 1 is 1.25 bits per heavy atom. The molecule has 0 saturated carbocycles. The summed E-state index contributed by atoms with van der Waals surface area (Å²) in [5.41, 5.74) is 1.11. The highest BCUT2D eigenvalue weighted by Gasteiger charge is 2.16. The van der Waals surface area contributed by atoms with Crippen LogP contribution in [-0.4, -0.2) is 50.1 Å². The summed E-state index contributed by atoms with van der Waals surface area (Å²) in [5, 5.41) is 3.20. The predicted octanol–water partition coefficient (Wildman–Crippen LogP) is 1.28. The molecule has 0 unspecified atom stereocenters. The van der Waals surface area contributed by atoms with Crippen molar-refractivity contribution in [2.45, 2.75) is 26.2 Å². The van der Waals surface area contributed by atoms with Crippen LogP contribution in [0.3, 0.4) is 0 Å². The fourth-order valence-corrected chi connectivity index (χ4v) is 3.09. The van der Waals surface area contributed by atoms with Crippen molar-refractivity contribution in [3.05, 3.63) is 30.1 Å². The van der Waals surface area contributed by atoms with Gasteiger partial charge in [-0.05, 0) is 50.0 Å². The van der Waals surface area contributed by atoms with Crippen LogP contribution in [0.25, 0.3) is 0 Å². The Bertz CT molecular complexity index is 463. The minimum atomic E-state index is -3.13. The van der Waals surface area contributed by atoms with Crippen molar-refractivity contribution >= 4 is 10.0 Å². The van der Waals surface area contributed by atoms with Gasteiger partial charge in [0.1, 0.15) is 0 Å². The Kier molecular flexibility index (Phi) is 7.72. The Morgan fingerprint density at radius 2 is 1.95 bits per heavy atom. The Morgan fingerprint density at radius 3 is 2.60 bits per heavy atom. The van der Waals surface area contributed by atoms with E-state index in [-0.39, 0.29) is 5.75 Å². The molecule has 0 fully saturated rings. The summed E-state index contributed by atoms with van der Waals surface area (Å²) < 4.78 is 25.6. The standard InChI is InChI=1S/C14H25N3O2S/c1-3-15-9-4-5-13-20(18,19)17(2)12-8-14-6-10-16-11-7-14/h6-7,10-11,15H,3-5,8-9,12-13H2,1-2H3. The Hall–Kier alpha value is -0.980. The summed E-state index contributed by atoms with van der Waals surface area (Å²) in [5.74, 6) is 0.227. The van der Waals surface area contributed by atoms with Gasteiger partial charge in [0.2, 0.25) is 10.0 Å². The lowest BCUT2D eigenvalue weighted by Crippen LogP contribution is -2.31. The molecule has 1 aromatic rings. The van der Waals surface area contributed by atoms with E-state index in [1.165, 1.54) is 4.31 Å². The zero-order valence-electron chi connectivity index (χ0n) is 12.4. The highest BCUT2D eigenvalue weighted by Crippen LogP contribution is 2.05. The van der Waals surface area contributed by atoms with Gasteiger partial charge in [-0.15, -0.1) is 0 Å². The predicted molar refractivity (Wildman–Crippen MR) is 82.1 cm³/mol. The Balaban J connectivity index is 2.31. The van der Waals surface area contributed by atoms with Gasteiger partial charge in [-0.1, -0.05) is 6.92 Å². The average molecular weight is 299 g/mol. The van der Waals surface area contributed by atoms with E-state index in [1.54, 1.807) is 19.4 Å².